The third-order valence-electron chi connectivity index (χ3n) is 5.42. The summed E-state index contributed by atoms with van der Waals surface area (Å²) in [6.45, 7) is 9.27. The number of carbonyl (C=O) groups excluding carboxylic acids is 1. The molecule has 0 spiro atoms. The number of fused-ring (bicyclic) bond motifs is 1. The van der Waals surface area contributed by atoms with Gasteiger partial charge in [0.15, 0.2) is 0 Å². The van der Waals surface area contributed by atoms with Gasteiger partial charge in [-0.2, -0.15) is 10.2 Å². The first-order valence-electron chi connectivity index (χ1n) is 10.5. The molecular formula is C22H30N6O3. The summed E-state index contributed by atoms with van der Waals surface area (Å²) in [4.78, 5) is 14.1. The molecule has 9 nitrogen and oxygen atoms in total. The maximum Gasteiger partial charge on any atom is 0.410 e. The molecule has 0 radical (unpaired) electrons. The van der Waals surface area contributed by atoms with E-state index >= 15 is 0 Å². The van der Waals surface area contributed by atoms with E-state index in [4.69, 9.17) is 15.2 Å². The van der Waals surface area contributed by atoms with Gasteiger partial charge in [0.1, 0.15) is 11.4 Å². The predicted molar refractivity (Wildman–Crippen MR) is 117 cm³/mol. The molecule has 2 atom stereocenters. The van der Waals surface area contributed by atoms with Crippen LogP contribution in [0.5, 0.6) is 0 Å². The molecule has 0 aliphatic carbocycles. The third-order valence-corrected chi connectivity index (χ3v) is 5.42. The van der Waals surface area contributed by atoms with Crippen LogP contribution in [0, 0.1) is 5.92 Å². The lowest BCUT2D eigenvalue weighted by Gasteiger charge is -2.24. The van der Waals surface area contributed by atoms with Crippen molar-refractivity contribution in [1.82, 2.24) is 24.3 Å². The Hall–Kier alpha value is -3.07. The molecule has 166 valence electrons. The third kappa shape index (κ3) is 4.51. The van der Waals surface area contributed by atoms with Crippen LogP contribution < -0.4 is 5.73 Å². The van der Waals surface area contributed by atoms with Gasteiger partial charge in [0, 0.05) is 42.9 Å². The highest BCUT2D eigenvalue weighted by atomic mass is 16.6. The number of hydrogen-bond donors (Lipinski definition) is 1. The van der Waals surface area contributed by atoms with E-state index < -0.39 is 5.60 Å². The van der Waals surface area contributed by atoms with Crippen molar-refractivity contribution in [2.45, 2.75) is 46.0 Å². The number of aromatic nitrogens is 4. The maximum atomic E-state index is 12.4. The molecule has 3 aromatic rings. The molecule has 0 saturated carbocycles. The molecule has 0 bridgehead atoms. The second kappa shape index (κ2) is 7.88. The van der Waals surface area contributed by atoms with Crippen LogP contribution in [-0.2, 0) is 23.1 Å². The van der Waals surface area contributed by atoms with E-state index in [0.717, 1.165) is 22.3 Å². The van der Waals surface area contributed by atoms with Crippen molar-refractivity contribution in [2.75, 3.05) is 18.8 Å². The fourth-order valence-electron chi connectivity index (χ4n) is 3.95. The van der Waals surface area contributed by atoms with Gasteiger partial charge in [-0.05, 0) is 32.9 Å². The number of likely N-dealkylation sites (tertiary alicyclic amines) is 1. The summed E-state index contributed by atoms with van der Waals surface area (Å²) in [5.41, 5.74) is 9.20. The summed E-state index contributed by atoms with van der Waals surface area (Å²) in [5, 5.41) is 8.66. The monoisotopic (exact) mass is 426 g/mol. The van der Waals surface area contributed by atoms with E-state index in [9.17, 15) is 4.79 Å². The summed E-state index contributed by atoms with van der Waals surface area (Å²) < 4.78 is 15.3. The van der Waals surface area contributed by atoms with Crippen LogP contribution in [0.25, 0.3) is 16.8 Å². The number of pyridine rings is 1. The van der Waals surface area contributed by atoms with E-state index in [-0.39, 0.29) is 18.1 Å². The topological polar surface area (TPSA) is 99.9 Å². The summed E-state index contributed by atoms with van der Waals surface area (Å²) in [5.74, 6) is 0.703. The van der Waals surface area contributed by atoms with Gasteiger partial charge >= 0.3 is 6.09 Å². The first kappa shape index (κ1) is 21.2. The molecule has 9 heteroatoms. The minimum atomic E-state index is -0.509. The Balaban J connectivity index is 1.46. The van der Waals surface area contributed by atoms with Gasteiger partial charge in [0.2, 0.25) is 0 Å². The Morgan fingerprint density at radius 2 is 2.06 bits per heavy atom. The predicted octanol–water partition coefficient (Wildman–Crippen LogP) is 3.09. The zero-order chi connectivity index (χ0) is 22.3. The quantitative estimate of drug-likeness (QED) is 0.688. The van der Waals surface area contributed by atoms with E-state index in [2.05, 4.69) is 17.1 Å². The molecule has 2 N–H and O–H groups in total. The smallest absolute Gasteiger partial charge is 0.410 e. The number of nitrogen functional groups attached to an aromatic ring is 1. The van der Waals surface area contributed by atoms with Gasteiger partial charge in [-0.3, -0.25) is 4.68 Å². The lowest BCUT2D eigenvalue weighted by atomic mass is 10.1. The standard InChI is InChI=1S/C22H30N6O3/c1-14-11-27(21(29)31-22(2,3)4)12-18(14)30-13-16-10-24-26(5)20(16)15-6-7-28-17(8-15)9-19(23)25-28/h6-10,14,18H,11-13H2,1-5H3,(H2,23,25). The molecule has 0 aromatic carbocycles. The zero-order valence-corrected chi connectivity index (χ0v) is 18.7. The highest BCUT2D eigenvalue weighted by molar-refractivity contribution is 5.70. The van der Waals surface area contributed by atoms with E-state index in [1.54, 1.807) is 9.42 Å². The van der Waals surface area contributed by atoms with Gasteiger partial charge in [-0.1, -0.05) is 6.92 Å². The highest BCUT2D eigenvalue weighted by Crippen LogP contribution is 2.28. The molecular weight excluding hydrogens is 396 g/mol. The van der Waals surface area contributed by atoms with Crippen molar-refractivity contribution in [3.8, 4) is 11.3 Å². The summed E-state index contributed by atoms with van der Waals surface area (Å²) >= 11 is 0. The fraction of sp³-hybridized carbons (Fsp3) is 0.500. The van der Waals surface area contributed by atoms with Crippen LogP contribution in [-0.4, -0.2) is 55.2 Å². The lowest BCUT2D eigenvalue weighted by molar-refractivity contribution is 0.0139. The molecule has 31 heavy (non-hydrogen) atoms. The maximum absolute atomic E-state index is 12.4. The zero-order valence-electron chi connectivity index (χ0n) is 18.7. The Morgan fingerprint density at radius 1 is 1.29 bits per heavy atom. The molecule has 1 aliphatic heterocycles. The van der Waals surface area contributed by atoms with Gasteiger partial charge in [-0.25, -0.2) is 9.31 Å². The second-order valence-electron chi connectivity index (χ2n) is 9.21. The Morgan fingerprint density at radius 3 is 2.81 bits per heavy atom. The van der Waals surface area contributed by atoms with Crippen molar-refractivity contribution in [3.05, 3.63) is 36.2 Å². The SMILES string of the molecule is CC1CN(C(=O)OC(C)(C)C)CC1OCc1cnn(C)c1-c1ccn2nc(N)cc2c1. The fourth-order valence-corrected chi connectivity index (χ4v) is 3.95. The van der Waals surface area contributed by atoms with Gasteiger partial charge in [0.05, 0.1) is 36.7 Å². The largest absolute Gasteiger partial charge is 0.444 e. The molecule has 1 aliphatic rings. The average Bonchev–Trinajstić information content (AvgIpc) is 3.34. The summed E-state index contributed by atoms with van der Waals surface area (Å²) in [6.07, 6.45) is 3.37. The van der Waals surface area contributed by atoms with E-state index in [0.29, 0.717) is 25.5 Å². The van der Waals surface area contributed by atoms with Gasteiger partial charge in [-0.15, -0.1) is 0 Å². The van der Waals surface area contributed by atoms with Crippen molar-refractivity contribution in [3.63, 3.8) is 0 Å². The van der Waals surface area contributed by atoms with Crippen LogP contribution >= 0.6 is 0 Å². The molecule has 2 unspecified atom stereocenters. The number of carbonyl (C=O) groups is 1. The van der Waals surface area contributed by atoms with Crippen molar-refractivity contribution >= 4 is 17.4 Å². The Kier molecular flexibility index (Phi) is 5.38. The van der Waals surface area contributed by atoms with Crippen LogP contribution in [0.3, 0.4) is 0 Å². The molecule has 4 rings (SSSR count). The Bertz CT molecular complexity index is 1100. The number of nitrogens with two attached hydrogens (primary N) is 1. The average molecular weight is 427 g/mol. The first-order chi connectivity index (χ1) is 14.6. The molecule has 1 saturated heterocycles. The molecule has 4 heterocycles. The number of aryl methyl sites for hydroxylation is 1. The van der Waals surface area contributed by atoms with Crippen LogP contribution in [0.4, 0.5) is 10.6 Å². The van der Waals surface area contributed by atoms with E-state index in [1.165, 1.54) is 0 Å². The minimum absolute atomic E-state index is 0.0577. The first-order valence-corrected chi connectivity index (χ1v) is 10.5. The van der Waals surface area contributed by atoms with Gasteiger partial charge < -0.3 is 20.1 Å². The number of rotatable bonds is 4. The number of amides is 1. The number of hydrogen-bond acceptors (Lipinski definition) is 6. The van der Waals surface area contributed by atoms with Crippen molar-refractivity contribution in [2.24, 2.45) is 13.0 Å². The molecule has 3 aromatic heterocycles. The molecule has 1 fully saturated rings. The lowest BCUT2D eigenvalue weighted by Crippen LogP contribution is -2.36. The van der Waals surface area contributed by atoms with Crippen molar-refractivity contribution in [1.29, 1.82) is 0 Å². The molecule has 1 amide bonds. The number of nitrogens with zero attached hydrogens (tertiary/aromatic N) is 5. The minimum Gasteiger partial charge on any atom is -0.444 e. The van der Waals surface area contributed by atoms with Crippen LogP contribution in [0.1, 0.15) is 33.3 Å². The number of ether oxygens (including phenoxy) is 2. The summed E-state index contributed by atoms with van der Waals surface area (Å²) in [7, 11) is 1.91. The van der Waals surface area contributed by atoms with Crippen LogP contribution in [0.2, 0.25) is 0 Å². The van der Waals surface area contributed by atoms with Crippen LogP contribution in [0.15, 0.2) is 30.6 Å². The second-order valence-corrected chi connectivity index (χ2v) is 9.21. The number of anilines is 1. The van der Waals surface area contributed by atoms with E-state index in [1.807, 2.05) is 63.1 Å². The normalized spacial score (nSPS) is 19.3. The summed E-state index contributed by atoms with van der Waals surface area (Å²) in [6, 6.07) is 5.86. The Labute approximate surface area is 181 Å². The highest BCUT2D eigenvalue weighted by Gasteiger charge is 2.35. The van der Waals surface area contributed by atoms with Gasteiger partial charge in [0.25, 0.3) is 0 Å². The van der Waals surface area contributed by atoms with Crippen molar-refractivity contribution < 1.29 is 14.3 Å².